The summed E-state index contributed by atoms with van der Waals surface area (Å²) in [6.45, 7) is 13.8. The molecule has 152 valence electrons. The summed E-state index contributed by atoms with van der Waals surface area (Å²) in [4.78, 5) is 36.2. The quantitative estimate of drug-likeness (QED) is 0.487. The van der Waals surface area contributed by atoms with Gasteiger partial charge in [-0.05, 0) is 32.6 Å². The molecule has 0 heterocycles. The second-order valence-electron chi connectivity index (χ2n) is 7.95. The van der Waals surface area contributed by atoms with Crippen LogP contribution in [0.5, 0.6) is 0 Å². The van der Waals surface area contributed by atoms with Crippen LogP contribution in [0.15, 0.2) is 0 Å². The van der Waals surface area contributed by atoms with Gasteiger partial charge in [-0.1, -0.05) is 27.7 Å². The molecule has 0 saturated carbocycles. The number of ether oxygens (including phenoxy) is 1. The van der Waals surface area contributed by atoms with Crippen molar-refractivity contribution in [1.29, 1.82) is 0 Å². The molecule has 0 aliphatic carbocycles. The van der Waals surface area contributed by atoms with Crippen LogP contribution in [0.3, 0.4) is 0 Å². The third kappa shape index (κ3) is 11.9. The molecule has 0 fully saturated rings. The lowest BCUT2D eigenvalue weighted by Gasteiger charge is -2.30. The van der Waals surface area contributed by atoms with Crippen LogP contribution >= 0.6 is 11.6 Å². The fourth-order valence-corrected chi connectivity index (χ4v) is 2.08. The largest absolute Gasteiger partial charge is 0.443 e. The summed E-state index contributed by atoms with van der Waals surface area (Å²) in [5.74, 6) is -0.709. The zero-order valence-electron chi connectivity index (χ0n) is 16.9. The minimum absolute atomic E-state index is 0.104. The molecule has 0 aromatic carbocycles. The number of nitrogens with zero attached hydrogens (tertiary/aromatic N) is 2. The second kappa shape index (κ2) is 11.2. The number of hydrogen-bond donors (Lipinski definition) is 2. The molecular formula is C17H33ClN4O4. The first kappa shape index (κ1) is 24.5. The van der Waals surface area contributed by atoms with Crippen LogP contribution in [0.1, 0.15) is 48.5 Å². The third-order valence-electron chi connectivity index (χ3n) is 2.79. The third-order valence-corrected chi connectivity index (χ3v) is 3.03. The van der Waals surface area contributed by atoms with Gasteiger partial charge in [0.15, 0.2) is 0 Å². The van der Waals surface area contributed by atoms with Gasteiger partial charge in [-0.3, -0.25) is 25.4 Å². The lowest BCUT2D eigenvalue weighted by atomic mass is 10.2. The van der Waals surface area contributed by atoms with Crippen LogP contribution in [0.4, 0.5) is 4.79 Å². The summed E-state index contributed by atoms with van der Waals surface area (Å²) in [6.07, 6.45) is -0.633. The van der Waals surface area contributed by atoms with Crippen molar-refractivity contribution in [3.05, 3.63) is 0 Å². The summed E-state index contributed by atoms with van der Waals surface area (Å²) in [5.41, 5.74) is 4.44. The predicted molar refractivity (Wildman–Crippen MR) is 101 cm³/mol. The highest BCUT2D eigenvalue weighted by atomic mass is 35.5. The van der Waals surface area contributed by atoms with Crippen LogP contribution < -0.4 is 10.9 Å². The normalized spacial score (nSPS) is 11.7. The van der Waals surface area contributed by atoms with Crippen molar-refractivity contribution in [3.63, 3.8) is 0 Å². The predicted octanol–water partition coefficient (Wildman–Crippen LogP) is 2.14. The molecule has 0 unspecified atom stereocenters. The number of amides is 3. The van der Waals surface area contributed by atoms with Gasteiger partial charge in [0.05, 0.1) is 6.54 Å². The second-order valence-corrected chi connectivity index (χ2v) is 8.22. The number of hydrogen-bond acceptors (Lipinski definition) is 5. The summed E-state index contributed by atoms with van der Waals surface area (Å²) in [6, 6.07) is 0. The molecule has 0 aliphatic rings. The Balaban J connectivity index is 5.04. The van der Waals surface area contributed by atoms with Crippen molar-refractivity contribution in [1.82, 2.24) is 20.9 Å². The van der Waals surface area contributed by atoms with Crippen molar-refractivity contribution in [2.24, 2.45) is 11.8 Å². The molecule has 0 bridgehead atoms. The van der Waals surface area contributed by atoms with Crippen molar-refractivity contribution in [3.8, 4) is 0 Å². The Morgan fingerprint density at radius 3 is 1.96 bits per heavy atom. The molecule has 0 rings (SSSR count). The first-order valence-corrected chi connectivity index (χ1v) is 9.27. The Morgan fingerprint density at radius 1 is 1.00 bits per heavy atom. The monoisotopic (exact) mass is 392 g/mol. The number of carbonyl (C=O) groups is 3. The average Bonchev–Trinajstić information content (AvgIpc) is 2.42. The van der Waals surface area contributed by atoms with Gasteiger partial charge in [-0.25, -0.2) is 9.80 Å². The maximum Gasteiger partial charge on any atom is 0.422 e. The van der Waals surface area contributed by atoms with E-state index < -0.39 is 17.6 Å². The Kier molecular flexibility index (Phi) is 10.6. The zero-order chi connectivity index (χ0) is 20.5. The number of halogens is 1. The molecule has 0 aliphatic heterocycles. The van der Waals surface area contributed by atoms with Crippen molar-refractivity contribution >= 4 is 29.5 Å². The molecule has 26 heavy (non-hydrogen) atoms. The van der Waals surface area contributed by atoms with Crippen LogP contribution in [0, 0.1) is 11.8 Å². The first-order valence-electron chi connectivity index (χ1n) is 8.74. The van der Waals surface area contributed by atoms with E-state index in [1.165, 1.54) is 10.0 Å². The van der Waals surface area contributed by atoms with E-state index >= 15 is 0 Å². The van der Waals surface area contributed by atoms with Crippen molar-refractivity contribution in [2.45, 2.75) is 54.1 Å². The van der Waals surface area contributed by atoms with E-state index in [0.29, 0.717) is 13.1 Å². The molecule has 0 saturated heterocycles. The van der Waals surface area contributed by atoms with E-state index in [1.807, 2.05) is 27.7 Å². The smallest absolute Gasteiger partial charge is 0.422 e. The highest BCUT2D eigenvalue weighted by molar-refractivity contribution is 6.27. The topological polar surface area (TPSA) is 91.0 Å². The van der Waals surface area contributed by atoms with E-state index in [9.17, 15) is 14.4 Å². The molecule has 0 atom stereocenters. The van der Waals surface area contributed by atoms with Gasteiger partial charge in [0.25, 0.3) is 11.8 Å². The minimum atomic E-state index is -0.643. The Labute approximate surface area is 161 Å². The van der Waals surface area contributed by atoms with Crippen molar-refractivity contribution in [2.75, 3.05) is 25.5 Å². The van der Waals surface area contributed by atoms with Crippen molar-refractivity contribution < 1.29 is 19.1 Å². The van der Waals surface area contributed by atoms with Gasteiger partial charge in [-0.2, -0.15) is 0 Å². The molecule has 0 aromatic rings. The number of hydrazine groups is 2. The van der Waals surface area contributed by atoms with Gasteiger partial charge >= 0.3 is 6.09 Å². The lowest BCUT2D eigenvalue weighted by molar-refractivity contribution is -0.142. The maximum atomic E-state index is 12.6. The first-order chi connectivity index (χ1) is 11.8. The number of alkyl halides is 1. The zero-order valence-corrected chi connectivity index (χ0v) is 17.6. The van der Waals surface area contributed by atoms with Crippen LogP contribution in [0.25, 0.3) is 0 Å². The van der Waals surface area contributed by atoms with E-state index in [0.717, 1.165) is 0 Å². The van der Waals surface area contributed by atoms with Gasteiger partial charge in [0.1, 0.15) is 11.5 Å². The summed E-state index contributed by atoms with van der Waals surface area (Å²) < 4.78 is 5.23. The molecular weight excluding hydrogens is 360 g/mol. The molecule has 0 radical (unpaired) electrons. The fourth-order valence-electron chi connectivity index (χ4n) is 2.02. The van der Waals surface area contributed by atoms with E-state index in [1.54, 1.807) is 20.8 Å². The summed E-state index contributed by atoms with van der Waals surface area (Å²) in [7, 11) is 0. The summed E-state index contributed by atoms with van der Waals surface area (Å²) in [5, 5.41) is 2.72. The standard InChI is InChI=1S/C17H33ClN4O4/c1-12(2)9-21(20-16(25)26-17(5,6)7)11-15(24)22(10-13(3)4)19-14(23)8-18/h12-13H,8-11H2,1-7H3,(H,19,23)(H,20,25). The Bertz CT molecular complexity index is 478. The molecule has 8 nitrogen and oxygen atoms in total. The average molecular weight is 393 g/mol. The van der Waals surface area contributed by atoms with Crippen LogP contribution in [-0.2, 0) is 14.3 Å². The highest BCUT2D eigenvalue weighted by Gasteiger charge is 2.24. The Hall–Kier alpha value is -1.54. The minimum Gasteiger partial charge on any atom is -0.443 e. The molecule has 9 heteroatoms. The highest BCUT2D eigenvalue weighted by Crippen LogP contribution is 2.07. The summed E-state index contributed by atoms with van der Waals surface area (Å²) >= 11 is 5.51. The van der Waals surface area contributed by atoms with Gasteiger partial charge in [-0.15, -0.1) is 11.6 Å². The van der Waals surface area contributed by atoms with E-state index in [2.05, 4.69) is 10.9 Å². The molecule has 0 spiro atoms. The number of rotatable bonds is 8. The van der Waals surface area contributed by atoms with Crippen LogP contribution in [0.2, 0.25) is 0 Å². The fraction of sp³-hybridized carbons (Fsp3) is 0.824. The number of nitrogens with one attached hydrogen (secondary N) is 2. The maximum absolute atomic E-state index is 12.6. The molecule has 0 aromatic heterocycles. The number of carbonyl (C=O) groups excluding carboxylic acids is 3. The van der Waals surface area contributed by atoms with E-state index in [4.69, 9.17) is 16.3 Å². The SMILES string of the molecule is CC(C)CN(CC(=O)N(CC(C)C)NC(=O)CCl)NC(=O)OC(C)(C)C. The molecule has 3 amide bonds. The molecule has 2 N–H and O–H groups in total. The van der Waals surface area contributed by atoms with E-state index in [-0.39, 0.29) is 30.2 Å². The van der Waals surface area contributed by atoms with Gasteiger partial charge in [0.2, 0.25) is 0 Å². The lowest BCUT2D eigenvalue weighted by Crippen LogP contribution is -2.55. The van der Waals surface area contributed by atoms with Gasteiger partial charge in [0, 0.05) is 13.1 Å². The van der Waals surface area contributed by atoms with Crippen LogP contribution in [-0.4, -0.2) is 59.0 Å². The van der Waals surface area contributed by atoms with Gasteiger partial charge < -0.3 is 4.74 Å². The Morgan fingerprint density at radius 2 is 1.54 bits per heavy atom.